The molecule has 0 atom stereocenters. The van der Waals surface area contributed by atoms with Crippen molar-refractivity contribution in [2.45, 2.75) is 13.8 Å². The molecule has 2 N–H and O–H groups in total. The predicted octanol–water partition coefficient (Wildman–Crippen LogP) is 4.04. The Kier molecular flexibility index (Phi) is 3.37. The number of fused-ring (bicyclic) bond motifs is 3. The first-order chi connectivity index (χ1) is 10.5. The average molecular weight is 295 g/mol. The molecule has 0 aliphatic heterocycles. The molecule has 4 heteroatoms. The van der Waals surface area contributed by atoms with Crippen molar-refractivity contribution in [1.82, 2.24) is 4.98 Å². The average Bonchev–Trinajstić information content (AvgIpc) is 2.88. The van der Waals surface area contributed by atoms with Crippen molar-refractivity contribution in [3.8, 4) is 5.75 Å². The number of hydrogen-bond donors (Lipinski definition) is 2. The third kappa shape index (κ3) is 2.22. The summed E-state index contributed by atoms with van der Waals surface area (Å²) in [6.45, 7) is 4.03. The number of benzene rings is 2. The van der Waals surface area contributed by atoms with E-state index in [4.69, 9.17) is 9.84 Å². The molecule has 2 aromatic carbocycles. The van der Waals surface area contributed by atoms with Crippen LogP contribution in [-0.4, -0.2) is 23.2 Å². The second-order valence-corrected chi connectivity index (χ2v) is 5.37. The molecule has 0 spiro atoms. The van der Waals surface area contributed by atoms with Gasteiger partial charge in [0.05, 0.1) is 12.6 Å². The van der Waals surface area contributed by atoms with Gasteiger partial charge < -0.3 is 14.8 Å². The van der Waals surface area contributed by atoms with E-state index in [1.807, 2.05) is 38.1 Å². The van der Waals surface area contributed by atoms with Gasteiger partial charge in [-0.3, -0.25) is 0 Å². The number of carbonyl (C=O) groups is 1. The lowest BCUT2D eigenvalue weighted by atomic mass is 9.99. The van der Waals surface area contributed by atoms with E-state index in [-0.39, 0.29) is 0 Å². The van der Waals surface area contributed by atoms with Gasteiger partial charge in [-0.2, -0.15) is 0 Å². The molecule has 1 heterocycles. The molecule has 0 saturated carbocycles. The number of aliphatic carboxylic acids is 1. The van der Waals surface area contributed by atoms with Gasteiger partial charge in [0.25, 0.3) is 0 Å². The lowest BCUT2D eigenvalue weighted by Gasteiger charge is -2.06. The highest BCUT2D eigenvalue weighted by molar-refractivity contribution is 6.11. The fourth-order valence-electron chi connectivity index (χ4n) is 2.88. The predicted molar refractivity (Wildman–Crippen MR) is 88.5 cm³/mol. The number of carboxylic acid groups (broad SMARTS) is 1. The molecule has 0 radical (unpaired) electrons. The van der Waals surface area contributed by atoms with Crippen LogP contribution < -0.4 is 4.74 Å². The number of aromatic amines is 1. The maximum atomic E-state index is 10.7. The topological polar surface area (TPSA) is 62.3 Å². The van der Waals surface area contributed by atoms with Crippen LogP contribution in [0.3, 0.4) is 0 Å². The molecule has 112 valence electrons. The Morgan fingerprint density at radius 2 is 2.05 bits per heavy atom. The number of H-pyrrole nitrogens is 1. The van der Waals surface area contributed by atoms with Gasteiger partial charge >= 0.3 is 5.97 Å². The number of ether oxygens (including phenoxy) is 1. The fraction of sp³-hybridized carbons (Fsp3) is 0.167. The van der Waals surface area contributed by atoms with Gasteiger partial charge in [0.1, 0.15) is 5.75 Å². The summed E-state index contributed by atoms with van der Waals surface area (Å²) in [6, 6.07) is 7.96. The summed E-state index contributed by atoms with van der Waals surface area (Å²) in [6.07, 6.45) is 2.80. The largest absolute Gasteiger partial charge is 0.497 e. The van der Waals surface area contributed by atoms with Gasteiger partial charge in [0.2, 0.25) is 0 Å². The van der Waals surface area contributed by atoms with Crippen LogP contribution >= 0.6 is 0 Å². The van der Waals surface area contributed by atoms with Crippen molar-refractivity contribution in [3.63, 3.8) is 0 Å². The van der Waals surface area contributed by atoms with Crippen LogP contribution in [0.2, 0.25) is 0 Å². The molecular weight excluding hydrogens is 278 g/mol. The Balaban J connectivity index is 2.33. The summed E-state index contributed by atoms with van der Waals surface area (Å²) in [4.78, 5) is 14.2. The van der Waals surface area contributed by atoms with E-state index in [0.29, 0.717) is 0 Å². The highest BCUT2D eigenvalue weighted by atomic mass is 16.5. The minimum atomic E-state index is -0.946. The maximum Gasteiger partial charge on any atom is 0.328 e. The van der Waals surface area contributed by atoms with Crippen molar-refractivity contribution < 1.29 is 14.6 Å². The van der Waals surface area contributed by atoms with E-state index >= 15 is 0 Å². The van der Waals surface area contributed by atoms with E-state index in [2.05, 4.69) is 4.98 Å². The lowest BCUT2D eigenvalue weighted by molar-refractivity contribution is -0.131. The van der Waals surface area contributed by atoms with Crippen molar-refractivity contribution in [3.05, 3.63) is 47.0 Å². The molecule has 1 aromatic heterocycles. The first-order valence-corrected chi connectivity index (χ1v) is 7.02. The molecule has 0 amide bonds. The minimum absolute atomic E-state index is 0.820. The molecule has 0 unspecified atom stereocenters. The summed E-state index contributed by atoms with van der Waals surface area (Å²) < 4.78 is 5.31. The van der Waals surface area contributed by atoms with E-state index in [1.165, 1.54) is 6.08 Å². The zero-order valence-electron chi connectivity index (χ0n) is 12.7. The summed E-state index contributed by atoms with van der Waals surface area (Å²) in [7, 11) is 1.66. The Bertz CT molecular complexity index is 919. The second kappa shape index (κ2) is 5.22. The number of methoxy groups -OCH3 is 1. The maximum absolute atomic E-state index is 10.7. The molecule has 0 aliphatic rings. The smallest absolute Gasteiger partial charge is 0.328 e. The van der Waals surface area contributed by atoms with Gasteiger partial charge in [-0.15, -0.1) is 0 Å². The number of carboxylic acids is 1. The number of rotatable bonds is 3. The minimum Gasteiger partial charge on any atom is -0.497 e. The van der Waals surface area contributed by atoms with Crippen molar-refractivity contribution in [1.29, 1.82) is 0 Å². The third-order valence-electron chi connectivity index (χ3n) is 3.99. The van der Waals surface area contributed by atoms with Gasteiger partial charge in [-0.25, -0.2) is 4.79 Å². The molecule has 0 aliphatic carbocycles. The fourth-order valence-corrected chi connectivity index (χ4v) is 2.88. The second-order valence-electron chi connectivity index (χ2n) is 5.37. The number of hydrogen-bond acceptors (Lipinski definition) is 2. The molecule has 0 bridgehead atoms. The van der Waals surface area contributed by atoms with E-state index in [9.17, 15) is 4.79 Å². The lowest BCUT2D eigenvalue weighted by Crippen LogP contribution is -1.90. The van der Waals surface area contributed by atoms with Gasteiger partial charge in [-0.05, 0) is 54.8 Å². The van der Waals surface area contributed by atoms with Crippen LogP contribution in [0.1, 0.15) is 16.7 Å². The van der Waals surface area contributed by atoms with Crippen LogP contribution in [0, 0.1) is 13.8 Å². The molecule has 0 fully saturated rings. The van der Waals surface area contributed by atoms with Crippen LogP contribution in [0.15, 0.2) is 30.3 Å². The summed E-state index contributed by atoms with van der Waals surface area (Å²) in [5.74, 6) is -0.126. The molecular formula is C18H17NO3. The molecule has 22 heavy (non-hydrogen) atoms. The normalized spacial score (nSPS) is 11.6. The molecule has 3 aromatic rings. The van der Waals surface area contributed by atoms with Crippen molar-refractivity contribution in [2.75, 3.05) is 7.11 Å². The van der Waals surface area contributed by atoms with Gasteiger partial charge in [-0.1, -0.05) is 6.07 Å². The van der Waals surface area contributed by atoms with Crippen LogP contribution in [0.5, 0.6) is 5.75 Å². The van der Waals surface area contributed by atoms with Crippen LogP contribution in [0.25, 0.3) is 27.9 Å². The Hall–Kier alpha value is -2.75. The van der Waals surface area contributed by atoms with Gasteiger partial charge in [0, 0.05) is 22.4 Å². The zero-order valence-corrected chi connectivity index (χ0v) is 12.7. The SMILES string of the molecule is COc1ccc2[nH]c3c(C)c(/C=C/C(=O)O)cc(C)c3c2c1. The Morgan fingerprint density at radius 3 is 2.73 bits per heavy atom. The highest BCUT2D eigenvalue weighted by Gasteiger charge is 2.12. The van der Waals surface area contributed by atoms with Crippen LogP contribution in [-0.2, 0) is 4.79 Å². The quantitative estimate of drug-likeness (QED) is 0.717. The third-order valence-corrected chi connectivity index (χ3v) is 3.99. The summed E-state index contributed by atoms with van der Waals surface area (Å²) in [5.41, 5.74) is 5.12. The summed E-state index contributed by atoms with van der Waals surface area (Å²) >= 11 is 0. The van der Waals surface area contributed by atoms with Crippen LogP contribution in [0.4, 0.5) is 0 Å². The number of aryl methyl sites for hydroxylation is 2. The highest BCUT2D eigenvalue weighted by Crippen LogP contribution is 2.34. The van der Waals surface area contributed by atoms with Crippen molar-refractivity contribution in [2.24, 2.45) is 0 Å². The monoisotopic (exact) mass is 295 g/mol. The molecule has 0 saturated heterocycles. The Morgan fingerprint density at radius 1 is 1.27 bits per heavy atom. The molecule has 3 rings (SSSR count). The summed E-state index contributed by atoms with van der Waals surface area (Å²) in [5, 5.41) is 11.1. The standard InChI is InChI=1S/C18H17NO3/c1-10-8-12(4-7-16(20)21)11(2)18-17(10)14-9-13(22-3)5-6-15(14)19-18/h4-9,19H,1-3H3,(H,20,21)/b7-4+. The van der Waals surface area contributed by atoms with Gasteiger partial charge in [0.15, 0.2) is 0 Å². The first-order valence-electron chi connectivity index (χ1n) is 7.02. The Labute approximate surface area is 128 Å². The van der Waals surface area contributed by atoms with E-state index < -0.39 is 5.97 Å². The first kappa shape index (κ1) is 14.2. The zero-order chi connectivity index (χ0) is 15.9. The van der Waals surface area contributed by atoms with E-state index in [0.717, 1.165) is 44.2 Å². The number of aromatic nitrogens is 1. The molecule has 4 nitrogen and oxygen atoms in total. The number of nitrogens with one attached hydrogen (secondary N) is 1. The van der Waals surface area contributed by atoms with E-state index in [1.54, 1.807) is 13.2 Å². The van der Waals surface area contributed by atoms with Crippen molar-refractivity contribution >= 4 is 33.9 Å².